The van der Waals surface area contributed by atoms with E-state index in [4.69, 9.17) is 4.55 Å². The Kier molecular flexibility index (Phi) is 19.7. The first-order valence-corrected chi connectivity index (χ1v) is 14.0. The molecule has 0 rings (SSSR count). The molecule has 0 aromatic heterocycles. The minimum absolute atomic E-state index is 0.318. The van der Waals surface area contributed by atoms with Gasteiger partial charge < -0.3 is 5.11 Å². The maximum Gasteiger partial charge on any atom is 0.267 e. The van der Waals surface area contributed by atoms with Crippen LogP contribution >= 0.6 is 0 Å². The van der Waals surface area contributed by atoms with Gasteiger partial charge in [0.1, 0.15) is 0 Å². The first-order chi connectivity index (χ1) is 13.9. The lowest BCUT2D eigenvalue weighted by Gasteiger charge is -2.13. The Morgan fingerprint density at radius 3 is 1.28 bits per heavy atom. The first kappa shape index (κ1) is 28.9. The van der Waals surface area contributed by atoms with Crippen molar-refractivity contribution < 1.29 is 18.1 Å². The van der Waals surface area contributed by atoms with Gasteiger partial charge in [0.25, 0.3) is 10.1 Å². The molecule has 0 saturated carbocycles. The van der Waals surface area contributed by atoms with Gasteiger partial charge >= 0.3 is 0 Å². The third kappa shape index (κ3) is 20.9. The second kappa shape index (κ2) is 19.8. The molecule has 0 saturated heterocycles. The Morgan fingerprint density at radius 1 is 0.586 bits per heavy atom. The van der Waals surface area contributed by atoms with E-state index in [1.165, 1.54) is 103 Å². The van der Waals surface area contributed by atoms with Crippen LogP contribution in [-0.2, 0) is 10.1 Å². The lowest BCUT2D eigenvalue weighted by molar-refractivity contribution is 0.148. The maximum absolute atomic E-state index is 10.9. The van der Waals surface area contributed by atoms with Crippen LogP contribution in [0.2, 0.25) is 0 Å². The van der Waals surface area contributed by atoms with Gasteiger partial charge in [0.05, 0.1) is 11.4 Å². The molecule has 176 valence electrons. The zero-order valence-corrected chi connectivity index (χ0v) is 20.2. The van der Waals surface area contributed by atoms with Crippen LogP contribution < -0.4 is 0 Å². The van der Waals surface area contributed by atoms with Gasteiger partial charge in [-0.3, -0.25) is 4.55 Å². The summed E-state index contributed by atoms with van der Waals surface area (Å²) < 4.78 is 30.8. The van der Waals surface area contributed by atoms with Crippen molar-refractivity contribution in [3.8, 4) is 0 Å². The maximum atomic E-state index is 10.9. The van der Waals surface area contributed by atoms with Gasteiger partial charge in [-0.05, 0) is 26.2 Å². The molecule has 4 nitrogen and oxygen atoms in total. The van der Waals surface area contributed by atoms with E-state index in [0.717, 1.165) is 19.3 Å². The monoisotopic (exact) mass is 434 g/mol. The molecule has 29 heavy (non-hydrogen) atoms. The number of aliphatic hydroxyl groups is 1. The number of hydrogen-bond donors (Lipinski definition) is 2. The van der Waals surface area contributed by atoms with E-state index in [2.05, 4.69) is 6.92 Å². The normalized spacial score (nSPS) is 14.2. The lowest BCUT2D eigenvalue weighted by Crippen LogP contribution is -2.19. The molecule has 0 aliphatic heterocycles. The fourth-order valence-electron chi connectivity index (χ4n) is 3.83. The van der Waals surface area contributed by atoms with Crippen molar-refractivity contribution in [2.75, 3.05) is 0 Å². The highest BCUT2D eigenvalue weighted by Crippen LogP contribution is 2.16. The van der Waals surface area contributed by atoms with E-state index in [9.17, 15) is 13.5 Å². The molecular weight excluding hydrogens is 384 g/mol. The Balaban J connectivity index is 3.24. The van der Waals surface area contributed by atoms with Crippen molar-refractivity contribution >= 4 is 10.1 Å². The Bertz CT molecular complexity index is 436. The average Bonchev–Trinajstić information content (AvgIpc) is 2.67. The number of aliphatic hydroxyl groups excluding tert-OH is 1. The zero-order valence-electron chi connectivity index (χ0n) is 19.4. The molecular formula is C24H50O4S. The van der Waals surface area contributed by atoms with E-state index in [1.54, 1.807) is 0 Å². The standard InChI is InChI=1S/C24H50O4S/c1-3-4-5-6-7-8-9-10-11-12-13-14-15-16-17-18-19-20-24(25)22-21-23(2)29(26,27)28/h23-25H,3-22H2,1-2H3,(H,26,27,28). The first-order valence-electron chi connectivity index (χ1n) is 12.5. The van der Waals surface area contributed by atoms with Crippen molar-refractivity contribution in [3.05, 3.63) is 0 Å². The van der Waals surface area contributed by atoms with Crippen molar-refractivity contribution in [1.82, 2.24) is 0 Å². The molecule has 0 aliphatic carbocycles. The summed E-state index contributed by atoms with van der Waals surface area (Å²) in [6.07, 6.45) is 23.9. The predicted octanol–water partition coefficient (Wildman–Crippen LogP) is 7.45. The minimum Gasteiger partial charge on any atom is -0.393 e. The van der Waals surface area contributed by atoms with Crippen LogP contribution in [0.4, 0.5) is 0 Å². The van der Waals surface area contributed by atoms with Gasteiger partial charge in [0, 0.05) is 0 Å². The minimum atomic E-state index is -3.96. The smallest absolute Gasteiger partial charge is 0.267 e. The van der Waals surface area contributed by atoms with Gasteiger partial charge in [-0.1, -0.05) is 116 Å². The van der Waals surface area contributed by atoms with Crippen LogP contribution in [0.3, 0.4) is 0 Å². The highest BCUT2D eigenvalue weighted by Gasteiger charge is 2.18. The van der Waals surface area contributed by atoms with Crippen molar-refractivity contribution in [2.24, 2.45) is 0 Å². The number of unbranched alkanes of at least 4 members (excludes halogenated alkanes) is 16. The molecule has 0 amide bonds. The highest BCUT2D eigenvalue weighted by atomic mass is 32.2. The van der Waals surface area contributed by atoms with Crippen LogP contribution in [-0.4, -0.2) is 29.4 Å². The topological polar surface area (TPSA) is 74.6 Å². The summed E-state index contributed by atoms with van der Waals surface area (Å²) in [5, 5.41) is 9.13. The molecule has 5 heteroatoms. The summed E-state index contributed by atoms with van der Waals surface area (Å²) in [5.74, 6) is 0. The molecule has 0 heterocycles. The van der Waals surface area contributed by atoms with Crippen molar-refractivity contribution in [2.45, 2.75) is 154 Å². The quantitative estimate of drug-likeness (QED) is 0.137. The summed E-state index contributed by atoms with van der Waals surface area (Å²) >= 11 is 0. The van der Waals surface area contributed by atoms with Gasteiger partial charge in [-0.25, -0.2) is 0 Å². The second-order valence-corrected chi connectivity index (χ2v) is 10.8. The molecule has 0 aromatic carbocycles. The number of hydrogen-bond acceptors (Lipinski definition) is 3. The summed E-state index contributed by atoms with van der Waals surface area (Å²) in [4.78, 5) is 0. The fourth-order valence-corrected chi connectivity index (χ4v) is 4.26. The Labute approximate surface area is 182 Å². The predicted molar refractivity (Wildman–Crippen MR) is 125 cm³/mol. The van der Waals surface area contributed by atoms with Crippen LogP contribution in [0.1, 0.15) is 142 Å². The van der Waals surface area contributed by atoms with E-state index < -0.39 is 21.5 Å². The molecule has 0 bridgehead atoms. The van der Waals surface area contributed by atoms with Gasteiger partial charge in [0.15, 0.2) is 0 Å². The second-order valence-electron chi connectivity index (χ2n) is 9.00. The van der Waals surface area contributed by atoms with Crippen molar-refractivity contribution in [3.63, 3.8) is 0 Å². The Hall–Kier alpha value is -0.130. The summed E-state index contributed by atoms with van der Waals surface area (Å²) in [7, 11) is -3.96. The number of rotatable bonds is 22. The van der Waals surface area contributed by atoms with E-state index in [-0.39, 0.29) is 0 Å². The SMILES string of the molecule is CCCCCCCCCCCCCCCCCCCC(O)CCC(C)S(=O)(=O)O. The molecule has 0 aliphatic rings. The average molecular weight is 435 g/mol. The molecule has 0 fully saturated rings. The van der Waals surface area contributed by atoms with Gasteiger partial charge in [-0.15, -0.1) is 0 Å². The fraction of sp³-hybridized carbons (Fsp3) is 1.00. The molecule has 2 atom stereocenters. The molecule has 0 aromatic rings. The van der Waals surface area contributed by atoms with Crippen LogP contribution in [0.25, 0.3) is 0 Å². The van der Waals surface area contributed by atoms with Crippen molar-refractivity contribution in [1.29, 1.82) is 0 Å². The lowest BCUT2D eigenvalue weighted by atomic mass is 10.0. The summed E-state index contributed by atoms with van der Waals surface area (Å²) in [6, 6.07) is 0. The molecule has 2 N–H and O–H groups in total. The third-order valence-corrected chi connectivity index (χ3v) is 7.31. The molecule has 2 unspecified atom stereocenters. The van der Waals surface area contributed by atoms with E-state index >= 15 is 0 Å². The van der Waals surface area contributed by atoms with E-state index in [0.29, 0.717) is 12.8 Å². The molecule has 0 radical (unpaired) electrons. The summed E-state index contributed by atoms with van der Waals surface area (Å²) in [5.41, 5.74) is 0. The summed E-state index contributed by atoms with van der Waals surface area (Å²) in [6.45, 7) is 3.76. The third-order valence-electron chi connectivity index (χ3n) is 6.06. The zero-order chi connectivity index (χ0) is 21.8. The van der Waals surface area contributed by atoms with E-state index in [1.807, 2.05) is 0 Å². The van der Waals surface area contributed by atoms with Gasteiger partial charge in [0.2, 0.25) is 0 Å². The molecule has 0 spiro atoms. The Morgan fingerprint density at radius 2 is 0.931 bits per heavy atom. The van der Waals surface area contributed by atoms with Crippen LogP contribution in [0.5, 0.6) is 0 Å². The highest BCUT2D eigenvalue weighted by molar-refractivity contribution is 7.86. The largest absolute Gasteiger partial charge is 0.393 e. The van der Waals surface area contributed by atoms with Gasteiger partial charge in [-0.2, -0.15) is 8.42 Å². The van der Waals surface area contributed by atoms with Crippen LogP contribution in [0.15, 0.2) is 0 Å². The van der Waals surface area contributed by atoms with Crippen LogP contribution in [0, 0.1) is 0 Å².